The summed E-state index contributed by atoms with van der Waals surface area (Å²) < 4.78 is 5.96. The van der Waals surface area contributed by atoms with Crippen molar-refractivity contribution >= 4 is 5.91 Å². The van der Waals surface area contributed by atoms with Gasteiger partial charge in [0.25, 0.3) is 5.91 Å². The number of unbranched alkanes of at least 4 members (excludes halogenated alkanes) is 5. The van der Waals surface area contributed by atoms with Crippen LogP contribution in [0.1, 0.15) is 82.3 Å². The van der Waals surface area contributed by atoms with Crippen molar-refractivity contribution in [2.45, 2.75) is 90.1 Å². The molecular formula is C27H41NO3. The van der Waals surface area contributed by atoms with Gasteiger partial charge < -0.3 is 15.2 Å². The number of aliphatic hydroxyl groups is 1. The third-order valence-electron chi connectivity index (χ3n) is 7.88. The van der Waals surface area contributed by atoms with E-state index in [1.54, 1.807) is 0 Å². The summed E-state index contributed by atoms with van der Waals surface area (Å²) in [5, 5.41) is 13.8. The van der Waals surface area contributed by atoms with Crippen LogP contribution < -0.4 is 10.1 Å². The Bertz CT molecular complexity index is 729. The summed E-state index contributed by atoms with van der Waals surface area (Å²) >= 11 is 0. The summed E-state index contributed by atoms with van der Waals surface area (Å²) in [6.45, 7) is 3.15. The van der Waals surface area contributed by atoms with Gasteiger partial charge in [-0.25, -0.2) is 0 Å². The van der Waals surface area contributed by atoms with Crippen LogP contribution in [0.15, 0.2) is 18.2 Å². The molecule has 0 aromatic heterocycles. The minimum Gasteiger partial charge on any atom is -0.483 e. The Kier molecular flexibility index (Phi) is 7.92. The van der Waals surface area contributed by atoms with Crippen LogP contribution in [0.5, 0.6) is 5.75 Å². The number of aliphatic hydroxyl groups excluding tert-OH is 1. The van der Waals surface area contributed by atoms with E-state index in [-0.39, 0.29) is 18.6 Å². The molecule has 4 heteroatoms. The van der Waals surface area contributed by atoms with Crippen molar-refractivity contribution < 1.29 is 14.6 Å². The average Bonchev–Trinajstić information content (AvgIpc) is 3.55. The minimum absolute atomic E-state index is 0.0199. The third kappa shape index (κ3) is 6.03. The van der Waals surface area contributed by atoms with Crippen molar-refractivity contribution in [3.05, 3.63) is 29.3 Å². The summed E-state index contributed by atoms with van der Waals surface area (Å²) in [6, 6.07) is 6.29. The zero-order valence-corrected chi connectivity index (χ0v) is 19.3. The largest absolute Gasteiger partial charge is 0.483 e. The number of benzene rings is 1. The van der Waals surface area contributed by atoms with Gasteiger partial charge in [-0.05, 0) is 79.4 Å². The molecule has 1 aromatic carbocycles. The molecule has 4 nitrogen and oxygen atoms in total. The number of carbonyl (C=O) groups excluding carboxylic acids is 1. The van der Waals surface area contributed by atoms with Crippen molar-refractivity contribution in [2.24, 2.45) is 23.7 Å². The molecule has 2 N–H and O–H groups in total. The highest BCUT2D eigenvalue weighted by atomic mass is 16.5. The van der Waals surface area contributed by atoms with Crippen LogP contribution in [0.25, 0.3) is 0 Å². The fraction of sp³-hybridized carbons (Fsp3) is 0.741. The van der Waals surface area contributed by atoms with E-state index in [0.717, 1.165) is 31.6 Å². The summed E-state index contributed by atoms with van der Waals surface area (Å²) in [5.74, 6) is 3.11. The Morgan fingerprint density at radius 1 is 1.13 bits per heavy atom. The molecule has 2 saturated carbocycles. The van der Waals surface area contributed by atoms with Gasteiger partial charge in [0.1, 0.15) is 5.75 Å². The van der Waals surface area contributed by atoms with Gasteiger partial charge in [0.05, 0.1) is 6.10 Å². The average molecular weight is 428 g/mol. The van der Waals surface area contributed by atoms with Crippen molar-refractivity contribution in [3.63, 3.8) is 0 Å². The summed E-state index contributed by atoms with van der Waals surface area (Å²) in [6.07, 6.45) is 14.3. The lowest BCUT2D eigenvalue weighted by molar-refractivity contribution is -0.123. The topological polar surface area (TPSA) is 58.6 Å². The molecule has 4 atom stereocenters. The number of ether oxygens (including phenoxy) is 1. The Labute approximate surface area is 188 Å². The second-order valence-electron chi connectivity index (χ2n) is 10.3. The summed E-state index contributed by atoms with van der Waals surface area (Å²) in [4.78, 5) is 12.1. The molecule has 0 bridgehead atoms. The second kappa shape index (κ2) is 10.8. The van der Waals surface area contributed by atoms with Gasteiger partial charge in [0.2, 0.25) is 0 Å². The smallest absolute Gasteiger partial charge is 0.257 e. The molecule has 2 fully saturated rings. The van der Waals surface area contributed by atoms with E-state index in [1.807, 2.05) is 6.07 Å². The molecule has 1 aromatic rings. The van der Waals surface area contributed by atoms with Gasteiger partial charge in [-0.2, -0.15) is 0 Å². The minimum atomic E-state index is -0.155. The van der Waals surface area contributed by atoms with E-state index in [1.165, 1.54) is 68.9 Å². The second-order valence-corrected chi connectivity index (χ2v) is 10.3. The third-order valence-corrected chi connectivity index (χ3v) is 7.88. The molecule has 172 valence electrons. The Hall–Kier alpha value is -1.55. The lowest BCUT2D eigenvalue weighted by Gasteiger charge is -2.32. The van der Waals surface area contributed by atoms with E-state index in [2.05, 4.69) is 24.4 Å². The molecule has 0 saturated heterocycles. The monoisotopic (exact) mass is 427 g/mol. The first-order chi connectivity index (χ1) is 15.2. The number of nitrogens with one attached hydrogen (secondary N) is 1. The normalized spacial score (nSPS) is 26.9. The number of rotatable bonds is 12. The van der Waals surface area contributed by atoms with Crippen molar-refractivity contribution in [2.75, 3.05) is 13.2 Å². The maximum Gasteiger partial charge on any atom is 0.257 e. The molecular weight excluding hydrogens is 386 g/mol. The standard InChI is InChI=1S/C27H41NO3/c1-2-3-4-5-6-7-10-22-23-14-20-9-8-11-26(24(20)15-21(23)16-25(22)29)31-18-27(30)28-17-19-12-13-19/h8-9,11,19,21-23,25,29H,2-7,10,12-18H2,1H3,(H,28,30)/t21-,22+,23-,25+/m0/s1. The summed E-state index contributed by atoms with van der Waals surface area (Å²) in [5.41, 5.74) is 2.63. The lowest BCUT2D eigenvalue weighted by atomic mass is 9.73. The van der Waals surface area contributed by atoms with E-state index < -0.39 is 0 Å². The van der Waals surface area contributed by atoms with Gasteiger partial charge in [0.15, 0.2) is 6.61 Å². The SMILES string of the molecule is CCCCCCCC[C@@H]1[C@H]2Cc3cccc(OCC(=O)NCC4CC4)c3C[C@H]2C[C@H]1O. The number of hydrogen-bond donors (Lipinski definition) is 2. The van der Waals surface area contributed by atoms with E-state index in [0.29, 0.717) is 23.7 Å². The van der Waals surface area contributed by atoms with E-state index >= 15 is 0 Å². The van der Waals surface area contributed by atoms with Crippen LogP contribution in [0.3, 0.4) is 0 Å². The highest BCUT2D eigenvalue weighted by Crippen LogP contribution is 2.48. The molecule has 0 spiro atoms. The highest BCUT2D eigenvalue weighted by Gasteiger charge is 2.44. The lowest BCUT2D eigenvalue weighted by Crippen LogP contribution is -2.31. The van der Waals surface area contributed by atoms with Gasteiger partial charge >= 0.3 is 0 Å². The molecule has 31 heavy (non-hydrogen) atoms. The van der Waals surface area contributed by atoms with Crippen LogP contribution in [0.4, 0.5) is 0 Å². The Morgan fingerprint density at radius 3 is 2.74 bits per heavy atom. The van der Waals surface area contributed by atoms with E-state index in [9.17, 15) is 9.90 Å². The number of fused-ring (bicyclic) bond motifs is 2. The fourth-order valence-corrected chi connectivity index (χ4v) is 5.87. The maximum absolute atomic E-state index is 12.1. The first-order valence-electron chi connectivity index (χ1n) is 12.8. The quantitative estimate of drug-likeness (QED) is 0.459. The zero-order chi connectivity index (χ0) is 21.6. The predicted octanol–water partition coefficient (Wildman–Crippen LogP) is 5.05. The van der Waals surface area contributed by atoms with Gasteiger partial charge in [-0.1, -0.05) is 57.6 Å². The Morgan fingerprint density at radius 2 is 1.94 bits per heavy atom. The Balaban J connectivity index is 1.30. The molecule has 0 unspecified atom stereocenters. The van der Waals surface area contributed by atoms with Crippen LogP contribution >= 0.6 is 0 Å². The number of amides is 1. The van der Waals surface area contributed by atoms with Crippen LogP contribution in [0.2, 0.25) is 0 Å². The van der Waals surface area contributed by atoms with Crippen LogP contribution in [-0.2, 0) is 17.6 Å². The van der Waals surface area contributed by atoms with Crippen molar-refractivity contribution in [3.8, 4) is 5.75 Å². The number of carbonyl (C=O) groups is 1. The van der Waals surface area contributed by atoms with Gasteiger partial charge in [-0.3, -0.25) is 4.79 Å². The van der Waals surface area contributed by atoms with Gasteiger partial charge in [0, 0.05) is 6.54 Å². The predicted molar refractivity (Wildman–Crippen MR) is 124 cm³/mol. The fourth-order valence-electron chi connectivity index (χ4n) is 5.87. The first kappa shape index (κ1) is 22.6. The molecule has 3 aliphatic carbocycles. The summed E-state index contributed by atoms with van der Waals surface area (Å²) in [7, 11) is 0. The molecule has 0 aliphatic heterocycles. The molecule has 4 rings (SSSR count). The van der Waals surface area contributed by atoms with E-state index in [4.69, 9.17) is 4.74 Å². The van der Waals surface area contributed by atoms with Crippen LogP contribution in [0, 0.1) is 23.7 Å². The molecule has 3 aliphatic rings. The molecule has 0 heterocycles. The molecule has 1 amide bonds. The highest BCUT2D eigenvalue weighted by molar-refractivity contribution is 5.77. The molecule has 0 radical (unpaired) electrons. The van der Waals surface area contributed by atoms with Crippen LogP contribution in [-0.4, -0.2) is 30.3 Å². The van der Waals surface area contributed by atoms with Crippen molar-refractivity contribution in [1.29, 1.82) is 0 Å². The maximum atomic E-state index is 12.1. The van der Waals surface area contributed by atoms with Gasteiger partial charge in [-0.15, -0.1) is 0 Å². The zero-order valence-electron chi connectivity index (χ0n) is 19.3. The number of hydrogen-bond acceptors (Lipinski definition) is 3. The van der Waals surface area contributed by atoms with Crippen molar-refractivity contribution in [1.82, 2.24) is 5.32 Å². The first-order valence-corrected chi connectivity index (χ1v) is 12.8.